The van der Waals surface area contributed by atoms with Crippen molar-refractivity contribution in [1.29, 1.82) is 0 Å². The summed E-state index contributed by atoms with van der Waals surface area (Å²) in [6, 6.07) is 17.8. The molecule has 0 bridgehead atoms. The van der Waals surface area contributed by atoms with Crippen LogP contribution in [0, 0.1) is 13.8 Å². The maximum Gasteiger partial charge on any atom is 0.258 e. The average molecular weight is 365 g/mol. The summed E-state index contributed by atoms with van der Waals surface area (Å²) in [5, 5.41) is 9.25. The molecule has 0 atom stereocenters. The van der Waals surface area contributed by atoms with E-state index in [-0.39, 0.29) is 0 Å². The fraction of sp³-hybridized carbons (Fsp3) is 0.150. The van der Waals surface area contributed by atoms with Crippen LogP contribution < -0.4 is 0 Å². The van der Waals surface area contributed by atoms with E-state index in [1.807, 2.05) is 73.1 Å². The second-order valence-corrected chi connectivity index (χ2v) is 6.51. The fourth-order valence-electron chi connectivity index (χ4n) is 2.80. The Hall–Kier alpha value is -2.92. The van der Waals surface area contributed by atoms with Crippen LogP contribution in [0.2, 0.25) is 5.02 Å². The molecule has 2 aromatic heterocycles. The summed E-state index contributed by atoms with van der Waals surface area (Å²) in [5.74, 6) is 1.09. The number of halogens is 1. The Morgan fingerprint density at radius 2 is 1.69 bits per heavy atom. The maximum absolute atomic E-state index is 6.21. The topological polar surface area (TPSA) is 56.7 Å². The van der Waals surface area contributed by atoms with E-state index in [1.165, 1.54) is 0 Å². The van der Waals surface area contributed by atoms with E-state index in [0.29, 0.717) is 18.3 Å². The lowest BCUT2D eigenvalue weighted by Gasteiger charge is -2.05. The molecule has 0 spiro atoms. The average Bonchev–Trinajstić information content (AvgIpc) is 3.25. The van der Waals surface area contributed by atoms with Gasteiger partial charge in [-0.05, 0) is 31.5 Å². The van der Waals surface area contributed by atoms with E-state index in [1.54, 1.807) is 0 Å². The van der Waals surface area contributed by atoms with Crippen LogP contribution in [0.15, 0.2) is 59.1 Å². The molecule has 2 heterocycles. The van der Waals surface area contributed by atoms with Crippen LogP contribution in [0.5, 0.6) is 0 Å². The van der Waals surface area contributed by atoms with Gasteiger partial charge in [0.2, 0.25) is 5.82 Å². The van der Waals surface area contributed by atoms with Crippen LogP contribution in [0.3, 0.4) is 0 Å². The quantitative estimate of drug-likeness (QED) is 0.515. The molecule has 0 unspecified atom stereocenters. The molecule has 0 radical (unpaired) electrons. The molecule has 0 saturated carbocycles. The second kappa shape index (κ2) is 6.77. The first-order valence-corrected chi connectivity index (χ1v) is 8.67. The molecule has 4 rings (SSSR count). The van der Waals surface area contributed by atoms with Gasteiger partial charge in [-0.3, -0.25) is 4.68 Å². The summed E-state index contributed by atoms with van der Waals surface area (Å²) in [7, 11) is 0. The van der Waals surface area contributed by atoms with Gasteiger partial charge in [0.05, 0.1) is 23.0 Å². The molecule has 0 saturated heterocycles. The Balaban J connectivity index is 1.55. The van der Waals surface area contributed by atoms with Gasteiger partial charge in [0.1, 0.15) is 0 Å². The largest absolute Gasteiger partial charge is 0.334 e. The fourth-order valence-corrected chi connectivity index (χ4v) is 2.94. The molecule has 0 aliphatic heterocycles. The standard InChI is InChI=1S/C20H17ClN4O/c1-13-18(21)14(2)25(23-13)12-15-8-10-17(11-9-15)20-22-19(24-26-20)16-6-4-3-5-7-16/h3-11H,12H2,1-2H3. The highest BCUT2D eigenvalue weighted by Crippen LogP contribution is 2.23. The third kappa shape index (κ3) is 3.13. The Morgan fingerprint density at radius 3 is 2.35 bits per heavy atom. The number of hydrogen-bond acceptors (Lipinski definition) is 4. The molecule has 2 aromatic carbocycles. The maximum atomic E-state index is 6.21. The molecule has 0 fully saturated rings. The SMILES string of the molecule is Cc1nn(Cc2ccc(-c3nc(-c4ccccc4)no3)cc2)c(C)c1Cl. The minimum absolute atomic E-state index is 0.504. The molecule has 130 valence electrons. The summed E-state index contributed by atoms with van der Waals surface area (Å²) < 4.78 is 7.31. The van der Waals surface area contributed by atoms with Gasteiger partial charge in [0, 0.05) is 11.1 Å². The Kier molecular flexibility index (Phi) is 4.31. The van der Waals surface area contributed by atoms with Crippen LogP contribution in [0.25, 0.3) is 22.8 Å². The summed E-state index contributed by atoms with van der Waals surface area (Å²) in [5.41, 5.74) is 4.76. The molecule has 0 N–H and O–H groups in total. The first kappa shape index (κ1) is 16.5. The smallest absolute Gasteiger partial charge is 0.258 e. The predicted octanol–water partition coefficient (Wildman–Crippen LogP) is 4.92. The van der Waals surface area contributed by atoms with Crippen molar-refractivity contribution in [3.8, 4) is 22.8 Å². The lowest BCUT2D eigenvalue weighted by atomic mass is 10.1. The monoisotopic (exact) mass is 364 g/mol. The van der Waals surface area contributed by atoms with Crippen molar-refractivity contribution in [2.24, 2.45) is 0 Å². The number of hydrogen-bond donors (Lipinski definition) is 0. The van der Waals surface area contributed by atoms with Gasteiger partial charge in [-0.1, -0.05) is 59.2 Å². The lowest BCUT2D eigenvalue weighted by Crippen LogP contribution is -2.03. The number of rotatable bonds is 4. The third-order valence-electron chi connectivity index (χ3n) is 4.28. The van der Waals surface area contributed by atoms with Crippen molar-refractivity contribution in [3.05, 3.63) is 76.6 Å². The molecule has 0 aliphatic carbocycles. The first-order chi connectivity index (χ1) is 12.6. The molecular formula is C20H17ClN4O. The van der Waals surface area contributed by atoms with Gasteiger partial charge in [0.15, 0.2) is 0 Å². The Morgan fingerprint density at radius 1 is 0.962 bits per heavy atom. The van der Waals surface area contributed by atoms with Gasteiger partial charge in [0.25, 0.3) is 5.89 Å². The summed E-state index contributed by atoms with van der Waals surface area (Å²) >= 11 is 6.21. The summed E-state index contributed by atoms with van der Waals surface area (Å²) in [4.78, 5) is 4.48. The molecule has 0 aliphatic rings. The van der Waals surface area contributed by atoms with Crippen LogP contribution >= 0.6 is 11.6 Å². The lowest BCUT2D eigenvalue weighted by molar-refractivity contribution is 0.432. The van der Waals surface area contributed by atoms with Crippen molar-refractivity contribution in [2.45, 2.75) is 20.4 Å². The summed E-state index contributed by atoms with van der Waals surface area (Å²) in [6.45, 7) is 4.55. The van der Waals surface area contributed by atoms with Crippen molar-refractivity contribution in [2.75, 3.05) is 0 Å². The van der Waals surface area contributed by atoms with E-state index in [2.05, 4.69) is 15.2 Å². The van der Waals surface area contributed by atoms with Gasteiger partial charge >= 0.3 is 0 Å². The van der Waals surface area contributed by atoms with Crippen LogP contribution in [-0.4, -0.2) is 19.9 Å². The Labute approximate surface area is 156 Å². The first-order valence-electron chi connectivity index (χ1n) is 8.30. The zero-order valence-electron chi connectivity index (χ0n) is 14.5. The molecule has 0 amide bonds. The van der Waals surface area contributed by atoms with Crippen molar-refractivity contribution in [1.82, 2.24) is 19.9 Å². The number of benzene rings is 2. The van der Waals surface area contributed by atoms with E-state index < -0.39 is 0 Å². The normalized spacial score (nSPS) is 11.0. The number of aromatic nitrogens is 4. The zero-order chi connectivity index (χ0) is 18.1. The zero-order valence-corrected chi connectivity index (χ0v) is 15.2. The van der Waals surface area contributed by atoms with Crippen molar-refractivity contribution in [3.63, 3.8) is 0 Å². The molecule has 4 aromatic rings. The predicted molar refractivity (Wildman–Crippen MR) is 101 cm³/mol. The highest BCUT2D eigenvalue weighted by molar-refractivity contribution is 6.31. The molecule has 5 nitrogen and oxygen atoms in total. The third-order valence-corrected chi connectivity index (χ3v) is 4.83. The second-order valence-electron chi connectivity index (χ2n) is 6.13. The molecule has 6 heteroatoms. The van der Waals surface area contributed by atoms with Gasteiger partial charge in [-0.2, -0.15) is 10.1 Å². The molecule has 26 heavy (non-hydrogen) atoms. The summed E-state index contributed by atoms with van der Waals surface area (Å²) in [6.07, 6.45) is 0. The van der Waals surface area contributed by atoms with Crippen molar-refractivity contribution >= 4 is 11.6 Å². The van der Waals surface area contributed by atoms with Gasteiger partial charge in [-0.25, -0.2) is 0 Å². The van der Waals surface area contributed by atoms with E-state index in [4.69, 9.17) is 16.1 Å². The molecular weight excluding hydrogens is 348 g/mol. The van der Waals surface area contributed by atoms with E-state index in [9.17, 15) is 0 Å². The van der Waals surface area contributed by atoms with E-state index >= 15 is 0 Å². The number of aryl methyl sites for hydroxylation is 1. The van der Waals surface area contributed by atoms with E-state index in [0.717, 1.165) is 33.1 Å². The van der Waals surface area contributed by atoms with Crippen LogP contribution in [-0.2, 0) is 6.54 Å². The van der Waals surface area contributed by atoms with Gasteiger partial charge < -0.3 is 4.52 Å². The minimum atomic E-state index is 0.504. The highest BCUT2D eigenvalue weighted by Gasteiger charge is 2.12. The number of nitrogens with zero attached hydrogens (tertiary/aromatic N) is 4. The van der Waals surface area contributed by atoms with Gasteiger partial charge in [-0.15, -0.1) is 0 Å². The van der Waals surface area contributed by atoms with Crippen LogP contribution in [0.4, 0.5) is 0 Å². The van der Waals surface area contributed by atoms with Crippen molar-refractivity contribution < 1.29 is 4.52 Å². The van der Waals surface area contributed by atoms with Crippen LogP contribution in [0.1, 0.15) is 17.0 Å². The highest BCUT2D eigenvalue weighted by atomic mass is 35.5. The Bertz CT molecular complexity index is 1040. The minimum Gasteiger partial charge on any atom is -0.334 e.